The van der Waals surface area contributed by atoms with Crippen LogP contribution < -0.4 is 0 Å². The van der Waals surface area contributed by atoms with Gasteiger partial charge in [-0.25, -0.2) is 0 Å². The van der Waals surface area contributed by atoms with Crippen LogP contribution in [0.3, 0.4) is 0 Å². The molecule has 0 aromatic rings. The molecule has 7 heavy (non-hydrogen) atoms. The minimum absolute atomic E-state index is 0. The summed E-state index contributed by atoms with van der Waals surface area (Å²) >= 11 is 14.2. The van der Waals surface area contributed by atoms with Crippen molar-refractivity contribution < 1.29 is 0 Å². The molecule has 0 rings (SSSR count). The molecule has 0 atom stereocenters. The van der Waals surface area contributed by atoms with Crippen molar-refractivity contribution in [3.63, 3.8) is 0 Å². The second-order valence-corrected chi connectivity index (χ2v) is 0. The van der Waals surface area contributed by atoms with Gasteiger partial charge in [0.25, 0.3) is 0 Å². The normalized spacial score (nSPS) is 2.14. The van der Waals surface area contributed by atoms with Crippen LogP contribution in [0, 0.1) is 0 Å². The van der Waals surface area contributed by atoms with Gasteiger partial charge >= 0.3 is 108 Å². The van der Waals surface area contributed by atoms with Crippen molar-refractivity contribution >= 4 is 108 Å². The Balaban J connectivity index is -0.00000000900. The van der Waals surface area contributed by atoms with Crippen LogP contribution in [-0.4, -0.2) is 108 Å². The molecular formula is H3InSe6. The van der Waals surface area contributed by atoms with Gasteiger partial charge in [0.05, 0.1) is 0 Å². The molecule has 0 aromatic carbocycles. The molecule has 0 aromatic heterocycles. The van der Waals surface area contributed by atoms with Gasteiger partial charge in [-0.2, -0.15) is 0 Å². The van der Waals surface area contributed by atoms with Crippen molar-refractivity contribution in [3.8, 4) is 0 Å². The van der Waals surface area contributed by atoms with E-state index in [1.165, 1.54) is 0 Å². The molecule has 0 radical (unpaired) electrons. The van der Waals surface area contributed by atoms with Crippen molar-refractivity contribution in [1.82, 2.24) is 0 Å². The van der Waals surface area contributed by atoms with E-state index in [1.807, 2.05) is 0 Å². The molecule has 0 fully saturated rings. The van der Waals surface area contributed by atoms with E-state index in [4.69, 9.17) is 0 Å². The first-order valence-electron chi connectivity index (χ1n) is 0.548. The molecule has 0 N–H and O–H groups in total. The van der Waals surface area contributed by atoms with Crippen LogP contribution >= 0.6 is 0 Å². The van der Waals surface area contributed by atoms with Gasteiger partial charge in [0.1, 0.15) is 0 Å². The van der Waals surface area contributed by atoms with E-state index in [2.05, 4.69) is 81.9 Å². The summed E-state index contributed by atoms with van der Waals surface area (Å²) in [6, 6.07) is 0. The van der Waals surface area contributed by atoms with Crippen molar-refractivity contribution in [1.29, 1.82) is 0 Å². The van der Waals surface area contributed by atoms with Crippen molar-refractivity contribution in [3.05, 3.63) is 0 Å². The van der Waals surface area contributed by atoms with Crippen molar-refractivity contribution in [2.75, 3.05) is 0 Å². The average molecular weight is 592 g/mol. The first kappa shape index (κ1) is 22.4. The van der Waals surface area contributed by atoms with Crippen LogP contribution in [-0.2, 0) is 0 Å². The van der Waals surface area contributed by atoms with Gasteiger partial charge in [0.2, 0.25) is 0 Å². The van der Waals surface area contributed by atoms with E-state index in [-0.39, 0.29) is 25.8 Å². The number of rotatable bonds is 0. The summed E-state index contributed by atoms with van der Waals surface area (Å²) in [5, 5.41) is 0. The standard InChI is InChI=1S/In.3HSe2/c;3*1-2/h;3*1H/q+3;3*-1. The van der Waals surface area contributed by atoms with Gasteiger partial charge in [-0.1, -0.05) is 0 Å². The molecule has 0 saturated heterocycles. The Morgan fingerprint density at radius 2 is 0.571 bits per heavy atom. The summed E-state index contributed by atoms with van der Waals surface area (Å²) in [6.07, 6.45) is 0. The summed E-state index contributed by atoms with van der Waals surface area (Å²) in [5.41, 5.74) is 0. The quantitative estimate of drug-likeness (QED) is 0.257. The second kappa shape index (κ2) is 50.7. The topological polar surface area (TPSA) is 0 Å². The van der Waals surface area contributed by atoms with Crippen LogP contribution in [0.4, 0.5) is 0 Å². The van der Waals surface area contributed by atoms with Crippen LogP contribution in [0.5, 0.6) is 0 Å². The molecule has 0 spiro atoms. The molecule has 0 aliphatic heterocycles. The maximum atomic E-state index is 2.56. The van der Waals surface area contributed by atoms with Gasteiger partial charge in [-0.15, -0.1) is 0 Å². The molecule has 0 aliphatic carbocycles. The third-order valence-electron chi connectivity index (χ3n) is 0. The molecular weight excluding hydrogens is 589 g/mol. The maximum absolute atomic E-state index is 2.56. The fraction of sp³-hybridized carbons (Fsp3) is 0. The van der Waals surface area contributed by atoms with E-state index in [9.17, 15) is 0 Å². The van der Waals surface area contributed by atoms with E-state index in [1.54, 1.807) is 0 Å². The Kier molecular flexibility index (Phi) is 163. The third-order valence-corrected chi connectivity index (χ3v) is 0. The monoisotopic (exact) mass is 597 g/mol. The number of hydrogen-bond acceptors (Lipinski definition) is 0. The van der Waals surface area contributed by atoms with Gasteiger partial charge < -0.3 is 0 Å². The number of hydrogen-bond donors (Lipinski definition) is 0. The zero-order chi connectivity index (χ0) is 6.00. The second-order valence-electron chi connectivity index (χ2n) is 0. The SMILES string of the molecule is [In+3].[Se]=[SeH-].[Se]=[SeH-].[Se]=[SeH-]. The van der Waals surface area contributed by atoms with Gasteiger partial charge in [0, 0.05) is 0 Å². The molecule has 42 valence electrons. The first-order valence-corrected chi connectivity index (χ1v) is 14.8. The first-order chi connectivity index (χ1) is 3.00. The minimum atomic E-state index is 0. The van der Waals surface area contributed by atoms with E-state index in [0.717, 1.165) is 0 Å². The van der Waals surface area contributed by atoms with E-state index >= 15 is 0 Å². The zero-order valence-electron chi connectivity index (χ0n) is 3.14. The molecule has 7 heteroatoms. The van der Waals surface area contributed by atoms with Crippen LogP contribution in [0.1, 0.15) is 0 Å². The Morgan fingerprint density at radius 1 is 0.571 bits per heavy atom. The zero-order valence-corrected chi connectivity index (χ0v) is 17.2. The van der Waals surface area contributed by atoms with E-state index < -0.39 is 0 Å². The summed E-state index contributed by atoms with van der Waals surface area (Å²) in [5.74, 6) is 0. The predicted molar refractivity (Wildman–Crippen MR) is 44.5 cm³/mol. The van der Waals surface area contributed by atoms with Crippen LogP contribution in [0.15, 0.2) is 0 Å². The van der Waals surface area contributed by atoms with Crippen molar-refractivity contribution in [2.45, 2.75) is 0 Å². The van der Waals surface area contributed by atoms with Crippen molar-refractivity contribution in [2.24, 2.45) is 0 Å². The fourth-order valence-electron chi connectivity index (χ4n) is 0. The molecule has 0 unspecified atom stereocenters. The molecule has 0 bridgehead atoms. The van der Waals surface area contributed by atoms with Crippen LogP contribution in [0.2, 0.25) is 0 Å². The summed E-state index contributed by atoms with van der Waals surface area (Å²) in [4.78, 5) is 0. The molecule has 0 aliphatic rings. The molecule has 0 saturated carbocycles. The Bertz CT molecular complexity index is 8.90. The average Bonchev–Trinajstić information content (AvgIpc) is 1.81. The molecule has 0 nitrogen and oxygen atoms in total. The Hall–Kier alpha value is 3.99. The summed E-state index contributed by atoms with van der Waals surface area (Å²) in [7, 11) is 0. The van der Waals surface area contributed by atoms with E-state index in [0.29, 0.717) is 0 Å². The summed E-state index contributed by atoms with van der Waals surface area (Å²) < 4.78 is 0. The third kappa shape index (κ3) is 40.1. The Morgan fingerprint density at radius 3 is 0.571 bits per heavy atom. The summed E-state index contributed by atoms with van der Waals surface area (Å²) in [6.45, 7) is 0. The van der Waals surface area contributed by atoms with Gasteiger partial charge in [-0.3, -0.25) is 0 Å². The Labute approximate surface area is 105 Å². The van der Waals surface area contributed by atoms with Gasteiger partial charge in [-0.05, 0) is 0 Å². The van der Waals surface area contributed by atoms with Crippen LogP contribution in [0.25, 0.3) is 0 Å². The molecule has 0 amide bonds. The fourth-order valence-corrected chi connectivity index (χ4v) is 0. The van der Waals surface area contributed by atoms with Gasteiger partial charge in [0.15, 0.2) is 0 Å². The predicted octanol–water partition coefficient (Wildman–Crippen LogP) is -3.47. The molecule has 0 heterocycles.